The highest BCUT2D eigenvalue weighted by Crippen LogP contribution is 2.27. The van der Waals surface area contributed by atoms with Crippen LogP contribution in [0.4, 0.5) is 10.1 Å². The van der Waals surface area contributed by atoms with Crippen LogP contribution in [0.2, 0.25) is 0 Å². The van der Waals surface area contributed by atoms with Crippen LogP contribution in [0.1, 0.15) is 24.9 Å². The van der Waals surface area contributed by atoms with E-state index in [1.807, 2.05) is 42.2 Å². The summed E-state index contributed by atoms with van der Waals surface area (Å²) in [6.45, 7) is 2.39. The van der Waals surface area contributed by atoms with Gasteiger partial charge in [-0.2, -0.15) is 0 Å². The summed E-state index contributed by atoms with van der Waals surface area (Å²) in [6.07, 6.45) is 0.0560. The number of anilines is 1. The Bertz CT molecular complexity index is 583. The van der Waals surface area contributed by atoms with E-state index in [2.05, 4.69) is 0 Å². The molecule has 0 heterocycles. The van der Waals surface area contributed by atoms with Crippen LogP contribution in [0.5, 0.6) is 0 Å². The zero-order chi connectivity index (χ0) is 15.2. The standard InChI is InChI=1S/C17H18FNO2/c1-13(14-7-9-15(18)10-8-14)19(12-11-17(20)21)16-5-3-2-4-6-16/h2-10,13H,11-12H2,1H3,(H,20,21). The molecule has 110 valence electrons. The van der Waals surface area contributed by atoms with Crippen LogP contribution in [0.25, 0.3) is 0 Å². The fraction of sp³-hybridized carbons (Fsp3) is 0.235. The fourth-order valence-corrected chi connectivity index (χ4v) is 2.30. The first kappa shape index (κ1) is 15.0. The van der Waals surface area contributed by atoms with E-state index in [-0.39, 0.29) is 18.3 Å². The molecule has 21 heavy (non-hydrogen) atoms. The Morgan fingerprint density at radius 3 is 2.33 bits per heavy atom. The van der Waals surface area contributed by atoms with Gasteiger partial charge < -0.3 is 10.0 Å². The summed E-state index contributed by atoms with van der Waals surface area (Å²) in [5, 5.41) is 8.92. The molecule has 0 aliphatic carbocycles. The van der Waals surface area contributed by atoms with Crippen LogP contribution < -0.4 is 4.90 Å². The molecule has 0 amide bonds. The Morgan fingerprint density at radius 2 is 1.76 bits per heavy atom. The average Bonchev–Trinajstić information content (AvgIpc) is 2.49. The summed E-state index contributed by atoms with van der Waals surface area (Å²) in [5.74, 6) is -1.11. The van der Waals surface area contributed by atoms with Crippen molar-refractivity contribution in [2.24, 2.45) is 0 Å². The Balaban J connectivity index is 2.25. The summed E-state index contributed by atoms with van der Waals surface area (Å²) in [7, 11) is 0. The number of benzene rings is 2. The predicted molar refractivity (Wildman–Crippen MR) is 80.9 cm³/mol. The van der Waals surface area contributed by atoms with Crippen molar-refractivity contribution in [3.05, 3.63) is 66.0 Å². The first-order chi connectivity index (χ1) is 10.1. The molecule has 4 heteroatoms. The van der Waals surface area contributed by atoms with Gasteiger partial charge in [-0.15, -0.1) is 0 Å². The van der Waals surface area contributed by atoms with E-state index < -0.39 is 5.97 Å². The normalized spacial score (nSPS) is 11.9. The predicted octanol–water partition coefficient (Wildman–Crippen LogP) is 3.87. The summed E-state index contributed by atoms with van der Waals surface area (Å²) in [5.41, 5.74) is 1.90. The minimum absolute atomic E-state index is 0.0349. The highest BCUT2D eigenvalue weighted by atomic mass is 19.1. The number of hydrogen-bond donors (Lipinski definition) is 1. The Labute approximate surface area is 123 Å². The Hall–Kier alpha value is -2.36. The highest BCUT2D eigenvalue weighted by molar-refractivity contribution is 5.67. The molecule has 2 rings (SSSR count). The molecule has 0 radical (unpaired) electrons. The van der Waals surface area contributed by atoms with Gasteiger partial charge in [-0.1, -0.05) is 30.3 Å². The minimum atomic E-state index is -0.831. The maximum Gasteiger partial charge on any atom is 0.305 e. The maximum atomic E-state index is 13.0. The molecule has 0 aliphatic rings. The highest BCUT2D eigenvalue weighted by Gasteiger charge is 2.17. The van der Waals surface area contributed by atoms with Crippen molar-refractivity contribution < 1.29 is 14.3 Å². The summed E-state index contributed by atoms with van der Waals surface area (Å²) in [6, 6.07) is 15.9. The van der Waals surface area contributed by atoms with E-state index in [9.17, 15) is 9.18 Å². The van der Waals surface area contributed by atoms with E-state index >= 15 is 0 Å². The van der Waals surface area contributed by atoms with Gasteiger partial charge in [0.05, 0.1) is 12.5 Å². The topological polar surface area (TPSA) is 40.5 Å². The zero-order valence-electron chi connectivity index (χ0n) is 11.9. The Kier molecular flexibility index (Phi) is 4.93. The first-order valence-electron chi connectivity index (χ1n) is 6.87. The van der Waals surface area contributed by atoms with Crippen LogP contribution >= 0.6 is 0 Å². The molecule has 1 N–H and O–H groups in total. The second kappa shape index (κ2) is 6.88. The summed E-state index contributed by atoms with van der Waals surface area (Å²) >= 11 is 0. The van der Waals surface area contributed by atoms with E-state index in [1.165, 1.54) is 12.1 Å². The Morgan fingerprint density at radius 1 is 1.14 bits per heavy atom. The van der Waals surface area contributed by atoms with Crippen molar-refractivity contribution in [1.29, 1.82) is 0 Å². The van der Waals surface area contributed by atoms with Crippen LogP contribution in [0, 0.1) is 5.82 Å². The largest absolute Gasteiger partial charge is 0.481 e. The second-order valence-electron chi connectivity index (χ2n) is 4.90. The number of carboxylic acids is 1. The number of carboxylic acid groups (broad SMARTS) is 1. The first-order valence-corrected chi connectivity index (χ1v) is 6.87. The van der Waals surface area contributed by atoms with E-state index in [0.29, 0.717) is 6.54 Å². The molecular formula is C17H18FNO2. The maximum absolute atomic E-state index is 13.0. The third-order valence-corrected chi connectivity index (χ3v) is 3.47. The minimum Gasteiger partial charge on any atom is -0.481 e. The van der Waals surface area contributed by atoms with Gasteiger partial charge in [0.1, 0.15) is 5.82 Å². The quantitative estimate of drug-likeness (QED) is 0.876. The molecule has 1 unspecified atom stereocenters. The fourth-order valence-electron chi connectivity index (χ4n) is 2.30. The van der Waals surface area contributed by atoms with Crippen molar-refractivity contribution in [2.75, 3.05) is 11.4 Å². The molecule has 0 spiro atoms. The van der Waals surface area contributed by atoms with Gasteiger partial charge in [-0.05, 0) is 36.8 Å². The lowest BCUT2D eigenvalue weighted by atomic mass is 10.1. The molecule has 0 bridgehead atoms. The summed E-state index contributed by atoms with van der Waals surface area (Å²) in [4.78, 5) is 12.9. The van der Waals surface area contributed by atoms with Gasteiger partial charge in [-0.25, -0.2) is 4.39 Å². The van der Waals surface area contributed by atoms with Gasteiger partial charge in [0.2, 0.25) is 0 Å². The van der Waals surface area contributed by atoms with Gasteiger partial charge in [-0.3, -0.25) is 4.79 Å². The molecule has 2 aromatic carbocycles. The molecule has 0 saturated heterocycles. The lowest BCUT2D eigenvalue weighted by Gasteiger charge is -2.31. The molecular weight excluding hydrogens is 269 g/mol. The molecule has 3 nitrogen and oxygen atoms in total. The van der Waals surface area contributed by atoms with Gasteiger partial charge in [0.25, 0.3) is 0 Å². The van der Waals surface area contributed by atoms with Gasteiger partial charge in [0, 0.05) is 12.2 Å². The average molecular weight is 287 g/mol. The third-order valence-electron chi connectivity index (χ3n) is 3.47. The second-order valence-corrected chi connectivity index (χ2v) is 4.90. The van der Waals surface area contributed by atoms with Crippen LogP contribution in [-0.2, 0) is 4.79 Å². The van der Waals surface area contributed by atoms with E-state index in [4.69, 9.17) is 5.11 Å². The smallest absolute Gasteiger partial charge is 0.305 e. The number of para-hydroxylation sites is 1. The number of hydrogen-bond acceptors (Lipinski definition) is 2. The van der Waals surface area contributed by atoms with Gasteiger partial charge in [0.15, 0.2) is 0 Å². The summed E-state index contributed by atoms with van der Waals surface area (Å²) < 4.78 is 13.0. The zero-order valence-corrected chi connectivity index (χ0v) is 11.9. The van der Waals surface area contributed by atoms with Crippen molar-refractivity contribution in [3.63, 3.8) is 0 Å². The van der Waals surface area contributed by atoms with Crippen molar-refractivity contribution in [3.8, 4) is 0 Å². The van der Waals surface area contributed by atoms with Crippen molar-refractivity contribution in [2.45, 2.75) is 19.4 Å². The number of nitrogens with zero attached hydrogens (tertiary/aromatic N) is 1. The van der Waals surface area contributed by atoms with Gasteiger partial charge >= 0.3 is 5.97 Å². The third kappa shape index (κ3) is 4.05. The molecule has 0 saturated carbocycles. The lowest BCUT2D eigenvalue weighted by molar-refractivity contribution is -0.136. The SMILES string of the molecule is CC(c1ccc(F)cc1)N(CCC(=O)O)c1ccccc1. The molecule has 0 aliphatic heterocycles. The molecule has 2 aromatic rings. The molecule has 0 aromatic heterocycles. The number of carbonyl (C=O) groups is 1. The molecule has 1 atom stereocenters. The lowest BCUT2D eigenvalue weighted by Crippen LogP contribution is -2.29. The molecule has 0 fully saturated rings. The van der Waals surface area contributed by atoms with Crippen molar-refractivity contribution in [1.82, 2.24) is 0 Å². The van der Waals surface area contributed by atoms with E-state index in [0.717, 1.165) is 11.3 Å². The number of aliphatic carboxylic acids is 1. The monoisotopic (exact) mass is 287 g/mol. The van der Waals surface area contributed by atoms with Crippen LogP contribution in [-0.4, -0.2) is 17.6 Å². The van der Waals surface area contributed by atoms with Crippen molar-refractivity contribution >= 4 is 11.7 Å². The van der Waals surface area contributed by atoms with E-state index in [1.54, 1.807) is 12.1 Å². The number of rotatable bonds is 6. The van der Waals surface area contributed by atoms with Crippen LogP contribution in [0.3, 0.4) is 0 Å². The van der Waals surface area contributed by atoms with Crippen LogP contribution in [0.15, 0.2) is 54.6 Å². The number of halogens is 1.